The Morgan fingerprint density at radius 2 is 2.12 bits per heavy atom. The fourth-order valence-electron chi connectivity index (χ4n) is 0.192. The monoisotopic (exact) mass is 188 g/mol. The minimum atomic E-state index is -2.59. The average molecular weight is 189 g/mol. The molecule has 0 atom stereocenters. The van der Waals surface area contributed by atoms with Crippen LogP contribution in [0.15, 0.2) is 10.8 Å². The molecule has 0 nitrogen and oxygen atoms in total. The van der Waals surface area contributed by atoms with Gasteiger partial charge >= 0.3 is 0 Å². The lowest BCUT2D eigenvalue weighted by Gasteiger charge is -1.91. The molecule has 0 spiro atoms. The Balaban J connectivity index is 3.39. The largest absolute Gasteiger partial charge is 0.244 e. The zero-order chi connectivity index (χ0) is 6.57. The van der Waals surface area contributed by atoms with Gasteiger partial charge in [-0.2, -0.15) is 0 Å². The summed E-state index contributed by atoms with van der Waals surface area (Å²) < 4.78 is 34.1. The zero-order valence-corrected chi connectivity index (χ0v) is 5.46. The van der Waals surface area contributed by atoms with E-state index in [0.717, 1.165) is 4.99 Å². The van der Waals surface area contributed by atoms with Crippen molar-refractivity contribution in [1.82, 2.24) is 0 Å². The summed E-state index contributed by atoms with van der Waals surface area (Å²) in [6.45, 7) is 0. The molecule has 48 valence electrons. The third kappa shape index (κ3) is 4.18. The minimum absolute atomic E-state index is 0.800. The van der Waals surface area contributed by atoms with E-state index in [1.807, 2.05) is 0 Å². The molecule has 0 aromatic rings. The molecule has 0 unspecified atom stereocenters. The summed E-state index contributed by atoms with van der Waals surface area (Å²) in [5, 5.41) is 0. The minimum Gasteiger partial charge on any atom is -0.211 e. The average Bonchev–Trinajstić information content (AvgIpc) is 1.65. The van der Waals surface area contributed by atoms with Crippen LogP contribution < -0.4 is 0 Å². The maximum absolute atomic E-state index is 11.7. The summed E-state index contributed by atoms with van der Waals surface area (Å²) in [7, 11) is 0. The molecule has 0 bridgehead atoms. The van der Waals surface area contributed by atoms with Crippen molar-refractivity contribution in [3.63, 3.8) is 0 Å². The van der Waals surface area contributed by atoms with Crippen molar-refractivity contribution < 1.29 is 13.2 Å². The third-order valence-electron chi connectivity index (χ3n) is 0.468. The first-order chi connectivity index (χ1) is 3.66. The topological polar surface area (TPSA) is 0 Å². The Morgan fingerprint density at radius 1 is 1.62 bits per heavy atom. The van der Waals surface area contributed by atoms with Gasteiger partial charge in [0.25, 0.3) is 0 Å². The molecule has 0 aromatic carbocycles. The fraction of sp³-hybridized carbons (Fsp3) is 0.500. The number of hydrogen-bond donors (Lipinski definition) is 0. The third-order valence-corrected chi connectivity index (χ3v) is 0.964. The van der Waals surface area contributed by atoms with Gasteiger partial charge in [0.15, 0.2) is 0 Å². The second-order valence-corrected chi connectivity index (χ2v) is 1.61. The summed E-state index contributed by atoms with van der Waals surface area (Å²) in [4.78, 5) is 0.846. The van der Waals surface area contributed by atoms with Crippen molar-refractivity contribution in [3.8, 4) is 0 Å². The highest BCUT2D eigenvalue weighted by atomic mass is 79.9. The first-order valence-electron chi connectivity index (χ1n) is 1.89. The van der Waals surface area contributed by atoms with E-state index in [-0.39, 0.29) is 0 Å². The molecule has 8 heavy (non-hydrogen) atoms. The van der Waals surface area contributed by atoms with Crippen LogP contribution in [0.5, 0.6) is 0 Å². The molecule has 0 saturated heterocycles. The summed E-state index contributed by atoms with van der Waals surface area (Å²) in [5.74, 6) is -0.833. The SMILES string of the molecule is F/C(=C\Br)CC(F)F. The van der Waals surface area contributed by atoms with E-state index in [2.05, 4.69) is 15.9 Å². The molecule has 0 fully saturated rings. The van der Waals surface area contributed by atoms with Gasteiger partial charge in [0.05, 0.1) is 6.42 Å². The Bertz CT molecular complexity index is 89.3. The van der Waals surface area contributed by atoms with E-state index in [1.54, 1.807) is 0 Å². The van der Waals surface area contributed by atoms with Gasteiger partial charge in [0.1, 0.15) is 5.83 Å². The van der Waals surface area contributed by atoms with Gasteiger partial charge in [-0.3, -0.25) is 0 Å². The first-order valence-corrected chi connectivity index (χ1v) is 2.81. The molecule has 4 heteroatoms. The van der Waals surface area contributed by atoms with Gasteiger partial charge < -0.3 is 0 Å². The molecule has 0 heterocycles. The highest BCUT2D eigenvalue weighted by molar-refractivity contribution is 9.11. The fourth-order valence-corrected chi connectivity index (χ4v) is 0.379. The lowest BCUT2D eigenvalue weighted by Crippen LogP contribution is -1.88. The lowest BCUT2D eigenvalue weighted by atomic mass is 10.4. The Labute approximate surface area is 53.5 Å². The number of halogens is 4. The predicted molar refractivity (Wildman–Crippen MR) is 28.7 cm³/mol. The van der Waals surface area contributed by atoms with E-state index in [1.165, 1.54) is 0 Å². The van der Waals surface area contributed by atoms with Gasteiger partial charge in [-0.1, -0.05) is 15.9 Å². The Hall–Kier alpha value is 0.01000. The smallest absolute Gasteiger partial charge is 0.211 e. The van der Waals surface area contributed by atoms with Crippen LogP contribution in [0, 0.1) is 0 Å². The van der Waals surface area contributed by atoms with Gasteiger partial charge in [-0.05, 0) is 0 Å². The zero-order valence-electron chi connectivity index (χ0n) is 3.87. The van der Waals surface area contributed by atoms with Crippen molar-refractivity contribution in [1.29, 1.82) is 0 Å². The molecule has 0 saturated carbocycles. The summed E-state index contributed by atoms with van der Waals surface area (Å²) >= 11 is 2.57. The van der Waals surface area contributed by atoms with E-state index >= 15 is 0 Å². The second kappa shape index (κ2) is 3.95. The molecule has 0 amide bonds. The lowest BCUT2D eigenvalue weighted by molar-refractivity contribution is 0.141. The van der Waals surface area contributed by atoms with Crippen LogP contribution in [0.4, 0.5) is 13.2 Å². The Kier molecular flexibility index (Phi) is 3.95. The second-order valence-electron chi connectivity index (χ2n) is 1.15. The first kappa shape index (κ1) is 8.01. The van der Waals surface area contributed by atoms with Crippen LogP contribution in [0.25, 0.3) is 0 Å². The standard InChI is InChI=1S/C4H4BrF3/c5-2-3(6)1-4(7)8/h2,4H,1H2/b3-2-. The molecule has 0 aliphatic carbocycles. The normalized spacial score (nSPS) is 12.9. The van der Waals surface area contributed by atoms with Gasteiger partial charge in [0, 0.05) is 4.99 Å². The van der Waals surface area contributed by atoms with Crippen LogP contribution >= 0.6 is 15.9 Å². The predicted octanol–water partition coefficient (Wildman–Crippen LogP) is 2.85. The van der Waals surface area contributed by atoms with Gasteiger partial charge in [-0.25, -0.2) is 13.2 Å². The van der Waals surface area contributed by atoms with Crippen molar-refractivity contribution >= 4 is 15.9 Å². The molecular weight excluding hydrogens is 185 g/mol. The number of allylic oxidation sites excluding steroid dienone is 1. The number of rotatable bonds is 2. The number of hydrogen-bond acceptors (Lipinski definition) is 0. The molecule has 0 rings (SSSR count). The van der Waals surface area contributed by atoms with E-state index in [0.29, 0.717) is 0 Å². The van der Waals surface area contributed by atoms with Crippen molar-refractivity contribution in [2.45, 2.75) is 12.8 Å². The van der Waals surface area contributed by atoms with Crippen LogP contribution in [0.2, 0.25) is 0 Å². The van der Waals surface area contributed by atoms with Crippen LogP contribution in [-0.4, -0.2) is 6.43 Å². The summed E-state index contributed by atoms with van der Waals surface area (Å²) in [6, 6.07) is 0. The molecular formula is C4H4BrF3. The molecule has 0 aliphatic heterocycles. The molecule has 0 aromatic heterocycles. The van der Waals surface area contributed by atoms with Crippen LogP contribution in [0.3, 0.4) is 0 Å². The Morgan fingerprint density at radius 3 is 2.25 bits per heavy atom. The van der Waals surface area contributed by atoms with Crippen LogP contribution in [0.1, 0.15) is 6.42 Å². The molecule has 0 radical (unpaired) electrons. The molecule has 0 aliphatic rings. The van der Waals surface area contributed by atoms with Crippen molar-refractivity contribution in [2.75, 3.05) is 0 Å². The van der Waals surface area contributed by atoms with Gasteiger partial charge in [-0.15, -0.1) is 0 Å². The van der Waals surface area contributed by atoms with Crippen LogP contribution in [-0.2, 0) is 0 Å². The highest BCUT2D eigenvalue weighted by Crippen LogP contribution is 2.11. The quantitative estimate of drug-likeness (QED) is 0.626. The maximum Gasteiger partial charge on any atom is 0.244 e. The maximum atomic E-state index is 11.7. The van der Waals surface area contributed by atoms with E-state index in [4.69, 9.17) is 0 Å². The van der Waals surface area contributed by atoms with Crippen molar-refractivity contribution in [2.24, 2.45) is 0 Å². The number of alkyl halides is 2. The highest BCUT2D eigenvalue weighted by Gasteiger charge is 2.04. The van der Waals surface area contributed by atoms with Gasteiger partial charge in [0.2, 0.25) is 6.43 Å². The molecule has 0 N–H and O–H groups in total. The van der Waals surface area contributed by atoms with E-state index < -0.39 is 18.7 Å². The van der Waals surface area contributed by atoms with Crippen molar-refractivity contribution in [3.05, 3.63) is 10.8 Å². The summed E-state index contributed by atoms with van der Waals surface area (Å²) in [6.07, 6.45) is -3.39. The van der Waals surface area contributed by atoms with E-state index in [9.17, 15) is 13.2 Å². The summed E-state index contributed by atoms with van der Waals surface area (Å²) in [5.41, 5.74) is 0.